The molecule has 0 unspecified atom stereocenters. The van der Waals surface area contributed by atoms with E-state index in [9.17, 15) is 10.2 Å². The average molecular weight is 337 g/mol. The molecule has 1 saturated heterocycles. The van der Waals surface area contributed by atoms with Crippen LogP contribution in [0.5, 0.6) is 11.5 Å². The molecule has 2 aromatic rings. The van der Waals surface area contributed by atoms with E-state index in [2.05, 4.69) is 33.0 Å². The lowest BCUT2D eigenvalue weighted by Gasteiger charge is -2.45. The Kier molecular flexibility index (Phi) is 4.38. The monoisotopic (exact) mass is 337 g/mol. The van der Waals surface area contributed by atoms with Crippen LogP contribution in [-0.4, -0.2) is 21.3 Å². The summed E-state index contributed by atoms with van der Waals surface area (Å²) in [5.41, 5.74) is 4.79. The first-order chi connectivity index (χ1) is 11.7. The van der Waals surface area contributed by atoms with Crippen LogP contribution in [0.3, 0.4) is 0 Å². The third-order valence-electron chi connectivity index (χ3n) is 4.65. The second-order valence-electron chi connectivity index (χ2n) is 8.32. The molecule has 0 atom stereocenters. The van der Waals surface area contributed by atoms with Gasteiger partial charge in [-0.05, 0) is 81.5 Å². The van der Waals surface area contributed by atoms with Crippen molar-refractivity contribution in [2.45, 2.75) is 51.6 Å². The van der Waals surface area contributed by atoms with Crippen molar-refractivity contribution >= 4 is 5.57 Å². The van der Waals surface area contributed by atoms with Gasteiger partial charge >= 0.3 is 0 Å². The first kappa shape index (κ1) is 17.6. The summed E-state index contributed by atoms with van der Waals surface area (Å²) in [6, 6.07) is 14.8. The van der Waals surface area contributed by atoms with Crippen molar-refractivity contribution in [2.75, 3.05) is 0 Å². The molecule has 2 aromatic carbocycles. The highest BCUT2D eigenvalue weighted by atomic mass is 16.3. The first-order valence-corrected chi connectivity index (χ1v) is 8.75. The molecule has 3 nitrogen and oxygen atoms in total. The largest absolute Gasteiger partial charge is 0.508 e. The third kappa shape index (κ3) is 4.05. The zero-order valence-corrected chi connectivity index (χ0v) is 15.4. The van der Waals surface area contributed by atoms with Crippen LogP contribution in [-0.2, 0) is 0 Å². The number of benzene rings is 2. The van der Waals surface area contributed by atoms with Crippen molar-refractivity contribution in [3.8, 4) is 11.5 Å². The smallest absolute Gasteiger partial charge is 0.115 e. The molecule has 0 aromatic heterocycles. The minimum absolute atomic E-state index is 0.0101. The maximum atomic E-state index is 9.66. The summed E-state index contributed by atoms with van der Waals surface area (Å²) in [6.07, 6.45) is 1.90. The van der Waals surface area contributed by atoms with Crippen LogP contribution in [0.25, 0.3) is 5.57 Å². The zero-order chi connectivity index (χ0) is 18.2. The molecule has 0 amide bonds. The van der Waals surface area contributed by atoms with Gasteiger partial charge in [-0.2, -0.15) is 0 Å². The predicted octanol–water partition coefficient (Wildman–Crippen LogP) is 4.84. The number of hydrogen-bond acceptors (Lipinski definition) is 3. The summed E-state index contributed by atoms with van der Waals surface area (Å²) < 4.78 is 0. The lowest BCUT2D eigenvalue weighted by atomic mass is 9.75. The molecular weight excluding hydrogens is 310 g/mol. The minimum atomic E-state index is 0.0101. The second kappa shape index (κ2) is 6.23. The molecule has 1 fully saturated rings. The number of phenols is 2. The Bertz CT molecular complexity index is 718. The maximum absolute atomic E-state index is 9.66. The fourth-order valence-corrected chi connectivity index (χ4v) is 4.14. The molecular formula is C22H27NO2. The number of rotatable bonds is 2. The molecule has 132 valence electrons. The Morgan fingerprint density at radius 1 is 0.720 bits per heavy atom. The lowest BCUT2D eigenvalue weighted by Crippen LogP contribution is -2.56. The van der Waals surface area contributed by atoms with Gasteiger partial charge in [0.25, 0.3) is 0 Å². The highest BCUT2D eigenvalue weighted by Crippen LogP contribution is 2.40. The Morgan fingerprint density at radius 2 is 1.08 bits per heavy atom. The normalized spacial score (nSPS) is 18.8. The van der Waals surface area contributed by atoms with Crippen molar-refractivity contribution < 1.29 is 10.2 Å². The van der Waals surface area contributed by atoms with E-state index in [1.165, 1.54) is 11.1 Å². The Balaban J connectivity index is 2.19. The molecule has 25 heavy (non-hydrogen) atoms. The van der Waals surface area contributed by atoms with Crippen molar-refractivity contribution in [1.82, 2.24) is 5.32 Å². The van der Waals surface area contributed by atoms with Crippen molar-refractivity contribution in [3.63, 3.8) is 0 Å². The second-order valence-corrected chi connectivity index (χ2v) is 8.32. The summed E-state index contributed by atoms with van der Waals surface area (Å²) in [7, 11) is 0. The molecule has 3 heteroatoms. The van der Waals surface area contributed by atoms with Crippen LogP contribution in [0, 0.1) is 0 Å². The predicted molar refractivity (Wildman–Crippen MR) is 103 cm³/mol. The summed E-state index contributed by atoms with van der Waals surface area (Å²) in [6.45, 7) is 8.94. The number of phenolic OH excluding ortho intramolecular Hbond substituents is 2. The third-order valence-corrected chi connectivity index (χ3v) is 4.65. The van der Waals surface area contributed by atoms with E-state index in [1.807, 2.05) is 24.3 Å². The van der Waals surface area contributed by atoms with Crippen LogP contribution in [0.2, 0.25) is 0 Å². The summed E-state index contributed by atoms with van der Waals surface area (Å²) in [5, 5.41) is 23.0. The molecule has 1 heterocycles. The van der Waals surface area contributed by atoms with Gasteiger partial charge in [-0.25, -0.2) is 0 Å². The zero-order valence-electron chi connectivity index (χ0n) is 15.4. The maximum Gasteiger partial charge on any atom is 0.115 e. The lowest BCUT2D eigenvalue weighted by molar-refractivity contribution is 0.224. The molecule has 3 N–H and O–H groups in total. The fraction of sp³-hybridized carbons (Fsp3) is 0.364. The van der Waals surface area contributed by atoms with Gasteiger partial charge in [0.15, 0.2) is 0 Å². The van der Waals surface area contributed by atoms with Crippen LogP contribution in [0.1, 0.15) is 51.7 Å². The first-order valence-electron chi connectivity index (χ1n) is 8.75. The van der Waals surface area contributed by atoms with Gasteiger partial charge in [-0.1, -0.05) is 29.8 Å². The highest BCUT2D eigenvalue weighted by Gasteiger charge is 2.36. The Hall–Kier alpha value is -2.26. The van der Waals surface area contributed by atoms with Crippen molar-refractivity contribution in [3.05, 3.63) is 65.2 Å². The van der Waals surface area contributed by atoms with E-state index in [-0.39, 0.29) is 22.6 Å². The number of piperidine rings is 1. The molecule has 1 aliphatic rings. The van der Waals surface area contributed by atoms with Gasteiger partial charge in [0.1, 0.15) is 11.5 Å². The fourth-order valence-electron chi connectivity index (χ4n) is 4.14. The molecule has 0 aliphatic carbocycles. The number of nitrogens with one attached hydrogen (secondary N) is 1. The summed E-state index contributed by atoms with van der Waals surface area (Å²) in [4.78, 5) is 0. The van der Waals surface area contributed by atoms with E-state index in [4.69, 9.17) is 0 Å². The van der Waals surface area contributed by atoms with Crippen LogP contribution >= 0.6 is 0 Å². The van der Waals surface area contributed by atoms with Crippen LogP contribution < -0.4 is 5.32 Å². The Labute approximate surface area is 150 Å². The topological polar surface area (TPSA) is 52.5 Å². The summed E-state index contributed by atoms with van der Waals surface area (Å²) >= 11 is 0. The molecule has 0 bridgehead atoms. The molecule has 0 radical (unpaired) electrons. The van der Waals surface area contributed by atoms with Gasteiger partial charge in [-0.3, -0.25) is 0 Å². The van der Waals surface area contributed by atoms with Crippen molar-refractivity contribution in [2.24, 2.45) is 0 Å². The van der Waals surface area contributed by atoms with E-state index in [1.54, 1.807) is 24.3 Å². The van der Waals surface area contributed by atoms with E-state index < -0.39 is 0 Å². The van der Waals surface area contributed by atoms with Gasteiger partial charge in [-0.15, -0.1) is 0 Å². The molecule has 3 rings (SSSR count). The number of aromatic hydroxyl groups is 2. The quantitative estimate of drug-likeness (QED) is 0.735. The van der Waals surface area contributed by atoms with Crippen LogP contribution in [0.15, 0.2) is 54.1 Å². The summed E-state index contributed by atoms with van der Waals surface area (Å²) in [5.74, 6) is 0.537. The van der Waals surface area contributed by atoms with Gasteiger partial charge in [0.05, 0.1) is 0 Å². The highest BCUT2D eigenvalue weighted by molar-refractivity contribution is 5.83. The minimum Gasteiger partial charge on any atom is -0.508 e. The molecule has 0 saturated carbocycles. The average Bonchev–Trinajstić information content (AvgIpc) is 2.48. The van der Waals surface area contributed by atoms with E-state index >= 15 is 0 Å². The van der Waals surface area contributed by atoms with Gasteiger partial charge in [0.2, 0.25) is 0 Å². The van der Waals surface area contributed by atoms with E-state index in [0.717, 1.165) is 24.0 Å². The van der Waals surface area contributed by atoms with E-state index in [0.29, 0.717) is 0 Å². The molecule has 0 spiro atoms. The SMILES string of the molecule is CC1(C)CC(=C(c2ccc(O)cc2)c2ccc(O)cc2)CC(C)(C)N1. The van der Waals surface area contributed by atoms with Gasteiger partial charge in [0, 0.05) is 11.1 Å². The Morgan fingerprint density at radius 3 is 1.44 bits per heavy atom. The standard InChI is InChI=1S/C22H27NO2/c1-21(2)13-17(14-22(3,4)23-21)20(15-5-9-18(24)10-6-15)16-7-11-19(25)12-8-16/h5-12,23-25H,13-14H2,1-4H3. The van der Waals surface area contributed by atoms with Gasteiger partial charge < -0.3 is 15.5 Å². The van der Waals surface area contributed by atoms with Crippen LogP contribution in [0.4, 0.5) is 0 Å². The number of hydrogen-bond donors (Lipinski definition) is 3. The molecule has 1 aliphatic heterocycles. The van der Waals surface area contributed by atoms with Crippen molar-refractivity contribution in [1.29, 1.82) is 0 Å².